The van der Waals surface area contributed by atoms with Crippen LogP contribution in [0.15, 0.2) is 28.9 Å². The smallest absolute Gasteiger partial charge is 0.274 e. The number of rotatable bonds is 5. The third-order valence-electron chi connectivity index (χ3n) is 6.05. The number of aromatic nitrogens is 2. The van der Waals surface area contributed by atoms with Crippen molar-refractivity contribution in [3.8, 4) is 0 Å². The molecule has 1 heterocycles. The summed E-state index contributed by atoms with van der Waals surface area (Å²) in [6, 6.07) is 4.58. The number of halogens is 3. The van der Waals surface area contributed by atoms with Crippen LogP contribution in [0, 0.1) is 17.7 Å². The first-order valence-corrected chi connectivity index (χ1v) is 11.3. The zero-order chi connectivity index (χ0) is 22.0. The molecule has 0 aliphatic heterocycles. The van der Waals surface area contributed by atoms with E-state index < -0.39 is 5.82 Å². The normalized spacial score (nSPS) is 21.4. The summed E-state index contributed by atoms with van der Waals surface area (Å²) in [7, 11) is 3.64. The molecule has 3 atom stereocenters. The Labute approximate surface area is 190 Å². The fraction of sp³-hybridized carbons (Fsp3) is 0.500. The Morgan fingerprint density at radius 2 is 2.03 bits per heavy atom. The standard InChI is InChI=1S/C22H27BrClFN4O/c1-13-7-5-10-19(14(13)2)29(12-15-17(24)8-6-9-18(15)25)21(30)20-16(23)11-26-22(27-20)28(3)4/h6,8-9,11,13-14,19H,5,7,10,12H2,1-4H3. The quantitative estimate of drug-likeness (QED) is 0.542. The molecule has 0 radical (unpaired) electrons. The van der Waals surface area contributed by atoms with Gasteiger partial charge in [-0.05, 0) is 46.3 Å². The fourth-order valence-electron chi connectivity index (χ4n) is 4.05. The van der Waals surface area contributed by atoms with Crippen LogP contribution < -0.4 is 4.90 Å². The van der Waals surface area contributed by atoms with Gasteiger partial charge in [0.15, 0.2) is 0 Å². The highest BCUT2D eigenvalue weighted by molar-refractivity contribution is 9.10. The number of anilines is 1. The van der Waals surface area contributed by atoms with Gasteiger partial charge in [0.05, 0.1) is 11.0 Å². The van der Waals surface area contributed by atoms with Gasteiger partial charge in [0.2, 0.25) is 5.95 Å². The Bertz CT molecular complexity index is 906. The largest absolute Gasteiger partial charge is 0.347 e. The van der Waals surface area contributed by atoms with Crippen LogP contribution in [0.4, 0.5) is 10.3 Å². The van der Waals surface area contributed by atoms with Crippen molar-refractivity contribution in [2.75, 3.05) is 19.0 Å². The molecule has 0 bridgehead atoms. The summed E-state index contributed by atoms with van der Waals surface area (Å²) in [6.07, 6.45) is 4.60. The summed E-state index contributed by atoms with van der Waals surface area (Å²) in [4.78, 5) is 25.9. The van der Waals surface area contributed by atoms with Crippen LogP contribution in [0.2, 0.25) is 5.02 Å². The topological polar surface area (TPSA) is 49.3 Å². The number of carbonyl (C=O) groups excluding carboxylic acids is 1. The molecule has 30 heavy (non-hydrogen) atoms. The van der Waals surface area contributed by atoms with Gasteiger partial charge in [0.1, 0.15) is 11.5 Å². The molecule has 3 unspecified atom stereocenters. The number of hydrogen-bond acceptors (Lipinski definition) is 4. The van der Waals surface area contributed by atoms with Gasteiger partial charge in [-0.3, -0.25) is 4.79 Å². The lowest BCUT2D eigenvalue weighted by molar-refractivity contribution is 0.0440. The first kappa shape index (κ1) is 22.9. The molecule has 1 amide bonds. The molecule has 1 aromatic carbocycles. The van der Waals surface area contributed by atoms with Crippen LogP contribution in [-0.4, -0.2) is 40.9 Å². The van der Waals surface area contributed by atoms with Crippen molar-refractivity contribution in [2.24, 2.45) is 11.8 Å². The van der Waals surface area contributed by atoms with E-state index >= 15 is 0 Å². The van der Waals surface area contributed by atoms with Crippen LogP contribution in [0.1, 0.15) is 49.2 Å². The van der Waals surface area contributed by atoms with Gasteiger partial charge >= 0.3 is 0 Å². The van der Waals surface area contributed by atoms with Crippen molar-refractivity contribution in [3.05, 3.63) is 51.0 Å². The Balaban J connectivity index is 2.05. The molecular formula is C22H27BrClFN4O. The molecule has 0 N–H and O–H groups in total. The molecular weight excluding hydrogens is 471 g/mol. The van der Waals surface area contributed by atoms with E-state index in [1.54, 1.807) is 28.1 Å². The summed E-state index contributed by atoms with van der Waals surface area (Å²) in [5, 5.41) is 0.319. The van der Waals surface area contributed by atoms with E-state index in [1.807, 2.05) is 14.1 Å². The van der Waals surface area contributed by atoms with Crippen LogP contribution in [0.25, 0.3) is 0 Å². The molecule has 3 rings (SSSR count). The van der Waals surface area contributed by atoms with Gasteiger partial charge < -0.3 is 9.80 Å². The minimum atomic E-state index is -0.410. The maximum atomic E-state index is 14.6. The van der Waals surface area contributed by atoms with Crippen LogP contribution in [0.3, 0.4) is 0 Å². The SMILES string of the molecule is CC1CCCC(N(Cc2c(F)cccc2Cl)C(=O)c2nc(N(C)C)ncc2Br)C1C. The van der Waals surface area contributed by atoms with Crippen molar-refractivity contribution in [1.82, 2.24) is 14.9 Å². The fourth-order valence-corrected chi connectivity index (χ4v) is 4.63. The highest BCUT2D eigenvalue weighted by Crippen LogP contribution is 2.35. The van der Waals surface area contributed by atoms with E-state index in [0.29, 0.717) is 26.9 Å². The lowest BCUT2D eigenvalue weighted by atomic mass is 9.77. The maximum absolute atomic E-state index is 14.6. The van der Waals surface area contributed by atoms with E-state index in [1.165, 1.54) is 6.07 Å². The minimum absolute atomic E-state index is 0.0263. The lowest BCUT2D eigenvalue weighted by Gasteiger charge is -2.41. The van der Waals surface area contributed by atoms with E-state index in [0.717, 1.165) is 19.3 Å². The van der Waals surface area contributed by atoms with Gasteiger partial charge in [0, 0.05) is 36.9 Å². The molecule has 1 saturated carbocycles. The van der Waals surface area contributed by atoms with E-state index in [-0.39, 0.29) is 30.1 Å². The second kappa shape index (κ2) is 9.60. The van der Waals surface area contributed by atoms with Crippen molar-refractivity contribution >= 4 is 39.4 Å². The van der Waals surface area contributed by atoms with E-state index in [2.05, 4.69) is 39.7 Å². The minimum Gasteiger partial charge on any atom is -0.347 e. The molecule has 8 heteroatoms. The average Bonchev–Trinajstić information content (AvgIpc) is 2.70. The van der Waals surface area contributed by atoms with E-state index in [4.69, 9.17) is 11.6 Å². The van der Waals surface area contributed by atoms with Crippen molar-refractivity contribution in [1.29, 1.82) is 0 Å². The summed E-state index contributed by atoms with van der Waals surface area (Å²) in [6.45, 7) is 4.47. The average molecular weight is 498 g/mol. The monoisotopic (exact) mass is 496 g/mol. The maximum Gasteiger partial charge on any atom is 0.274 e. The molecule has 1 fully saturated rings. The predicted molar refractivity (Wildman–Crippen MR) is 121 cm³/mol. The number of hydrogen-bond donors (Lipinski definition) is 0. The third-order valence-corrected chi connectivity index (χ3v) is 6.98. The number of amides is 1. The Morgan fingerprint density at radius 3 is 2.70 bits per heavy atom. The third kappa shape index (κ3) is 4.78. The Morgan fingerprint density at radius 1 is 1.30 bits per heavy atom. The van der Waals surface area contributed by atoms with Gasteiger partial charge in [0.25, 0.3) is 5.91 Å². The number of benzene rings is 1. The summed E-state index contributed by atoms with van der Waals surface area (Å²) < 4.78 is 15.1. The molecule has 162 valence electrons. The van der Waals surface area contributed by atoms with Gasteiger partial charge in [-0.15, -0.1) is 0 Å². The predicted octanol–water partition coefficient (Wildman–Crippen LogP) is 5.56. The van der Waals surface area contributed by atoms with Gasteiger partial charge in [-0.1, -0.05) is 44.4 Å². The van der Waals surface area contributed by atoms with Crippen LogP contribution >= 0.6 is 27.5 Å². The van der Waals surface area contributed by atoms with Crippen molar-refractivity contribution in [2.45, 2.75) is 45.7 Å². The Hall–Kier alpha value is -1.73. The zero-order valence-corrected chi connectivity index (χ0v) is 20.0. The number of nitrogens with zero attached hydrogens (tertiary/aromatic N) is 4. The van der Waals surface area contributed by atoms with Crippen molar-refractivity contribution in [3.63, 3.8) is 0 Å². The van der Waals surface area contributed by atoms with E-state index in [9.17, 15) is 9.18 Å². The second-order valence-corrected chi connectivity index (χ2v) is 9.49. The highest BCUT2D eigenvalue weighted by Gasteiger charge is 2.36. The van der Waals surface area contributed by atoms with Gasteiger partial charge in [-0.25, -0.2) is 14.4 Å². The second-order valence-electron chi connectivity index (χ2n) is 8.23. The molecule has 0 saturated heterocycles. The summed E-state index contributed by atoms with van der Waals surface area (Å²) >= 11 is 9.73. The first-order valence-electron chi connectivity index (χ1n) is 10.1. The van der Waals surface area contributed by atoms with Crippen LogP contribution in [0.5, 0.6) is 0 Å². The summed E-state index contributed by atoms with van der Waals surface area (Å²) in [5.41, 5.74) is 0.600. The highest BCUT2D eigenvalue weighted by atomic mass is 79.9. The molecule has 1 aliphatic carbocycles. The van der Waals surface area contributed by atoms with Crippen molar-refractivity contribution < 1.29 is 9.18 Å². The molecule has 2 aromatic rings. The molecule has 1 aromatic heterocycles. The molecule has 5 nitrogen and oxygen atoms in total. The van der Waals surface area contributed by atoms with Gasteiger partial charge in [-0.2, -0.15) is 0 Å². The molecule has 0 spiro atoms. The van der Waals surface area contributed by atoms with Crippen LogP contribution in [-0.2, 0) is 6.54 Å². The zero-order valence-electron chi connectivity index (χ0n) is 17.7. The number of carbonyl (C=O) groups is 1. The summed E-state index contributed by atoms with van der Waals surface area (Å²) in [5.74, 6) is 0.532. The lowest BCUT2D eigenvalue weighted by Crippen LogP contribution is -2.47. The Kier molecular flexibility index (Phi) is 7.34. The molecule has 1 aliphatic rings. The first-order chi connectivity index (χ1) is 14.2.